The summed E-state index contributed by atoms with van der Waals surface area (Å²) in [4.78, 5) is 39.3. The van der Waals surface area contributed by atoms with E-state index in [2.05, 4.69) is 13.2 Å². The monoisotopic (exact) mass is 449 g/mol. The summed E-state index contributed by atoms with van der Waals surface area (Å²) in [6, 6.07) is -0.851. The molecule has 180 valence electrons. The van der Waals surface area contributed by atoms with Crippen molar-refractivity contribution < 1.29 is 28.6 Å². The molecule has 0 radical (unpaired) electrons. The number of ether oxygens (including phenoxy) is 3. The van der Waals surface area contributed by atoms with Gasteiger partial charge >= 0.3 is 18.0 Å². The summed E-state index contributed by atoms with van der Waals surface area (Å²) in [5, 5.41) is 0. The van der Waals surface area contributed by atoms with Crippen LogP contribution in [-0.4, -0.2) is 52.8 Å². The highest BCUT2D eigenvalue weighted by atomic mass is 16.6. The van der Waals surface area contributed by atoms with Crippen LogP contribution in [0.15, 0.2) is 25.3 Å². The molecule has 0 saturated carbocycles. The van der Waals surface area contributed by atoms with Gasteiger partial charge in [0.25, 0.3) is 0 Å². The first-order valence-electron chi connectivity index (χ1n) is 11.6. The third kappa shape index (κ3) is 7.10. The number of cyclic esters (lactones) is 2. The summed E-state index contributed by atoms with van der Waals surface area (Å²) in [7, 11) is 0. The molecule has 0 aliphatic carbocycles. The van der Waals surface area contributed by atoms with Crippen molar-refractivity contribution in [1.29, 1.82) is 0 Å². The van der Waals surface area contributed by atoms with Crippen LogP contribution in [0.4, 0.5) is 4.79 Å². The number of rotatable bonds is 10. The minimum absolute atomic E-state index is 0.0767. The van der Waals surface area contributed by atoms with Crippen LogP contribution in [0, 0.1) is 11.8 Å². The molecule has 1 amide bonds. The number of carbonyl (C=O) groups excluding carboxylic acids is 3. The topological polar surface area (TPSA) is 82.1 Å². The van der Waals surface area contributed by atoms with Crippen molar-refractivity contribution in [3.63, 3.8) is 0 Å². The fourth-order valence-electron chi connectivity index (χ4n) is 4.31. The molecule has 0 aromatic heterocycles. The van der Waals surface area contributed by atoms with Gasteiger partial charge < -0.3 is 14.2 Å². The molecular formula is C25H39NO6. The van der Waals surface area contributed by atoms with Gasteiger partial charge in [0, 0.05) is 12.8 Å². The van der Waals surface area contributed by atoms with Gasteiger partial charge in [-0.05, 0) is 58.3 Å². The normalized spacial score (nSPS) is 24.7. The van der Waals surface area contributed by atoms with Crippen LogP contribution in [0.25, 0.3) is 0 Å². The van der Waals surface area contributed by atoms with E-state index in [0.717, 1.165) is 0 Å². The van der Waals surface area contributed by atoms with E-state index in [0.29, 0.717) is 38.5 Å². The quantitative estimate of drug-likeness (QED) is 0.271. The zero-order chi connectivity index (χ0) is 24.1. The van der Waals surface area contributed by atoms with Crippen LogP contribution in [0.2, 0.25) is 0 Å². The molecule has 2 fully saturated rings. The molecule has 2 heterocycles. The SMILES string of the molecule is C=CC(C)C[C@@H](C1CCC(=O)O1)N(C(=O)OC(C)(C)C)[C@@H](CC(C)C=C)C1CCC(=O)O1. The molecule has 2 aliphatic rings. The summed E-state index contributed by atoms with van der Waals surface area (Å²) in [6.45, 7) is 17.3. The van der Waals surface area contributed by atoms with Crippen LogP contribution >= 0.6 is 0 Å². The van der Waals surface area contributed by atoms with E-state index in [1.807, 2.05) is 46.8 Å². The Balaban J connectivity index is 2.52. The average Bonchev–Trinajstić information content (AvgIpc) is 3.33. The van der Waals surface area contributed by atoms with E-state index >= 15 is 0 Å². The molecule has 2 aliphatic heterocycles. The highest BCUT2D eigenvalue weighted by Gasteiger charge is 2.46. The molecule has 0 bridgehead atoms. The maximum Gasteiger partial charge on any atom is 0.411 e. The summed E-state index contributed by atoms with van der Waals surface area (Å²) in [5.41, 5.74) is -0.711. The smallest absolute Gasteiger partial charge is 0.411 e. The molecule has 2 rings (SSSR count). The fourth-order valence-corrected chi connectivity index (χ4v) is 4.31. The molecule has 0 spiro atoms. The maximum absolute atomic E-state index is 13.6. The van der Waals surface area contributed by atoms with E-state index in [1.165, 1.54) is 0 Å². The van der Waals surface area contributed by atoms with Gasteiger partial charge in [0.15, 0.2) is 0 Å². The Kier molecular flexibility index (Phi) is 8.93. The number of carbonyl (C=O) groups is 3. The first kappa shape index (κ1) is 25.9. The second-order valence-electron chi connectivity index (χ2n) is 10.1. The van der Waals surface area contributed by atoms with Gasteiger partial charge in [0.2, 0.25) is 0 Å². The number of hydrogen-bond donors (Lipinski definition) is 0. The Bertz CT molecular complexity index is 666. The summed E-state index contributed by atoms with van der Waals surface area (Å²) in [6.07, 6.45) is 5.07. The number of hydrogen-bond acceptors (Lipinski definition) is 6. The van der Waals surface area contributed by atoms with Gasteiger partial charge in [-0.25, -0.2) is 4.79 Å². The van der Waals surface area contributed by atoms with Crippen LogP contribution in [0.5, 0.6) is 0 Å². The Morgan fingerprint density at radius 1 is 1.00 bits per heavy atom. The van der Waals surface area contributed by atoms with Crippen LogP contribution in [0.1, 0.15) is 73.1 Å². The molecule has 7 heteroatoms. The number of esters is 2. The molecular weight excluding hydrogens is 410 g/mol. The van der Waals surface area contributed by atoms with Crippen molar-refractivity contribution in [1.82, 2.24) is 4.90 Å². The molecule has 0 aromatic carbocycles. The zero-order valence-electron chi connectivity index (χ0n) is 20.2. The lowest BCUT2D eigenvalue weighted by atomic mass is 9.89. The van der Waals surface area contributed by atoms with Crippen molar-refractivity contribution in [3.8, 4) is 0 Å². The lowest BCUT2D eigenvalue weighted by Crippen LogP contribution is -2.57. The average molecular weight is 450 g/mol. The van der Waals surface area contributed by atoms with Crippen LogP contribution < -0.4 is 0 Å². The second kappa shape index (κ2) is 11.0. The Labute approximate surface area is 192 Å². The van der Waals surface area contributed by atoms with Crippen molar-refractivity contribution >= 4 is 18.0 Å². The van der Waals surface area contributed by atoms with Gasteiger partial charge in [-0.2, -0.15) is 0 Å². The van der Waals surface area contributed by atoms with Crippen LogP contribution in [-0.2, 0) is 23.8 Å². The van der Waals surface area contributed by atoms with E-state index < -0.39 is 36.0 Å². The van der Waals surface area contributed by atoms with Crippen molar-refractivity contribution in [2.24, 2.45) is 11.8 Å². The zero-order valence-corrected chi connectivity index (χ0v) is 20.2. The number of amides is 1. The fraction of sp³-hybridized carbons (Fsp3) is 0.720. The summed E-state index contributed by atoms with van der Waals surface area (Å²) < 4.78 is 17.1. The molecule has 32 heavy (non-hydrogen) atoms. The van der Waals surface area contributed by atoms with E-state index in [1.54, 1.807) is 4.90 Å². The second-order valence-corrected chi connectivity index (χ2v) is 10.1. The molecule has 0 N–H and O–H groups in total. The Morgan fingerprint density at radius 3 is 1.69 bits per heavy atom. The minimum atomic E-state index is -0.711. The lowest BCUT2D eigenvalue weighted by Gasteiger charge is -2.43. The largest absolute Gasteiger partial charge is 0.460 e. The Morgan fingerprint density at radius 2 is 1.41 bits per heavy atom. The van der Waals surface area contributed by atoms with Crippen molar-refractivity contribution in [2.45, 2.75) is 103 Å². The predicted octanol–water partition coefficient (Wildman–Crippen LogP) is 4.80. The Hall–Kier alpha value is -2.31. The van der Waals surface area contributed by atoms with E-state index in [9.17, 15) is 14.4 Å². The molecule has 7 nitrogen and oxygen atoms in total. The number of allylic oxidation sites excluding steroid dienone is 2. The molecule has 2 saturated heterocycles. The molecule has 6 atom stereocenters. The molecule has 0 aromatic rings. The number of nitrogens with zero attached hydrogens (tertiary/aromatic N) is 1. The summed E-state index contributed by atoms with van der Waals surface area (Å²) in [5.74, 6) is -0.377. The van der Waals surface area contributed by atoms with Gasteiger partial charge in [-0.15, -0.1) is 13.2 Å². The van der Waals surface area contributed by atoms with Crippen LogP contribution in [0.3, 0.4) is 0 Å². The predicted molar refractivity (Wildman–Crippen MR) is 122 cm³/mol. The van der Waals surface area contributed by atoms with Gasteiger partial charge in [0.1, 0.15) is 17.8 Å². The van der Waals surface area contributed by atoms with Crippen molar-refractivity contribution in [2.75, 3.05) is 0 Å². The van der Waals surface area contributed by atoms with Gasteiger partial charge in [0.05, 0.1) is 12.1 Å². The van der Waals surface area contributed by atoms with Crippen molar-refractivity contribution in [3.05, 3.63) is 25.3 Å². The minimum Gasteiger partial charge on any atom is -0.460 e. The van der Waals surface area contributed by atoms with E-state index in [4.69, 9.17) is 14.2 Å². The third-order valence-corrected chi connectivity index (χ3v) is 6.04. The highest BCUT2D eigenvalue weighted by Crippen LogP contribution is 2.34. The lowest BCUT2D eigenvalue weighted by molar-refractivity contribution is -0.147. The van der Waals surface area contributed by atoms with Gasteiger partial charge in [-0.1, -0.05) is 26.0 Å². The standard InChI is InChI=1S/C25H39NO6/c1-8-16(3)14-18(20-10-12-22(27)30-20)26(24(29)32-25(5,6)7)19(15-17(4)9-2)21-11-13-23(28)31-21/h8-9,16-21H,1-2,10-15H2,3-7H3/t16?,17?,18-,19-,20?,21?/m0/s1. The first-order valence-corrected chi connectivity index (χ1v) is 11.6. The highest BCUT2D eigenvalue weighted by molar-refractivity contribution is 5.73. The van der Waals surface area contributed by atoms with E-state index in [-0.39, 0.29) is 23.8 Å². The summed E-state index contributed by atoms with van der Waals surface area (Å²) >= 11 is 0. The maximum atomic E-state index is 13.6. The van der Waals surface area contributed by atoms with Gasteiger partial charge in [-0.3, -0.25) is 14.5 Å². The third-order valence-electron chi connectivity index (χ3n) is 6.04. The first-order chi connectivity index (χ1) is 14.9. The molecule has 4 unspecified atom stereocenters.